The average Bonchev–Trinajstić information content (AvgIpc) is 3.87. The molecular formula is C44H53F3N10O12S. The lowest BCUT2D eigenvalue weighted by molar-refractivity contribution is -0.140. The first-order valence-electron chi connectivity index (χ1n) is 22.7. The Labute approximate surface area is 400 Å². The van der Waals surface area contributed by atoms with E-state index in [2.05, 4.69) is 39.8 Å². The van der Waals surface area contributed by atoms with Crippen molar-refractivity contribution in [2.75, 3.05) is 116 Å². The molecule has 0 spiro atoms. The van der Waals surface area contributed by atoms with Crippen LogP contribution >= 0.6 is 0 Å². The number of carbonyl (C=O) groups is 4. The lowest BCUT2D eigenvalue weighted by atomic mass is 10.0. The lowest BCUT2D eigenvalue weighted by Crippen LogP contribution is -2.54. The molecule has 1 unspecified atom stereocenters. The molecule has 4 amide bonds. The van der Waals surface area contributed by atoms with Crippen LogP contribution in [0.25, 0.3) is 5.65 Å². The zero-order valence-corrected chi connectivity index (χ0v) is 39.3. The quantitative estimate of drug-likeness (QED) is 0.0898. The number of halogens is 3. The second-order valence-electron chi connectivity index (χ2n) is 16.7. The Morgan fingerprint density at radius 1 is 0.786 bits per heavy atom. The Kier molecular flexibility index (Phi) is 15.7. The minimum absolute atomic E-state index is 0.0140. The van der Waals surface area contributed by atoms with Crippen LogP contribution in [0.4, 0.5) is 24.8 Å². The van der Waals surface area contributed by atoms with E-state index < -0.39 is 74.1 Å². The van der Waals surface area contributed by atoms with E-state index in [1.807, 2.05) is 6.07 Å². The van der Waals surface area contributed by atoms with Gasteiger partial charge in [0.15, 0.2) is 5.75 Å². The van der Waals surface area contributed by atoms with Crippen molar-refractivity contribution >= 4 is 50.9 Å². The average molecular weight is 1000 g/mol. The SMILES string of the molecule is COc1cnc(OC)n2nc(NS(=O)(=O)c3c(OC4CCN(CCOCCOCCOCCN5CCN(c6ccc7c(c6)C(=O)N(C6CCC(=O)NC6=O)C7=O)CC5)CC4)cccc3C(F)(F)F)nc12. The first-order chi connectivity index (χ1) is 33.6. The summed E-state index contributed by atoms with van der Waals surface area (Å²) in [5, 5.41) is 6.23. The summed E-state index contributed by atoms with van der Waals surface area (Å²) < 4.78 is 107. The van der Waals surface area contributed by atoms with Gasteiger partial charge in [0.2, 0.25) is 17.5 Å². The number of anilines is 2. The van der Waals surface area contributed by atoms with Gasteiger partial charge in [0.05, 0.1) is 76.7 Å². The molecule has 2 N–H and O–H groups in total. The lowest BCUT2D eigenvalue weighted by Gasteiger charge is -2.36. The molecule has 3 saturated heterocycles. The molecule has 378 valence electrons. The minimum Gasteiger partial charge on any atom is -0.491 e. The maximum Gasteiger partial charge on any atom is 0.417 e. The number of fused-ring (bicyclic) bond motifs is 2. The smallest absolute Gasteiger partial charge is 0.417 e. The number of nitrogens with zero attached hydrogens (tertiary/aromatic N) is 8. The van der Waals surface area contributed by atoms with Gasteiger partial charge < -0.3 is 38.2 Å². The van der Waals surface area contributed by atoms with Crippen molar-refractivity contribution in [2.24, 2.45) is 0 Å². The summed E-state index contributed by atoms with van der Waals surface area (Å²) in [5.74, 6) is -3.00. The molecular weight excluding hydrogens is 950 g/mol. The monoisotopic (exact) mass is 1000 g/mol. The number of imide groups is 2. The van der Waals surface area contributed by atoms with Crippen LogP contribution in [0.3, 0.4) is 0 Å². The Morgan fingerprint density at radius 3 is 2.09 bits per heavy atom. The van der Waals surface area contributed by atoms with Gasteiger partial charge in [-0.1, -0.05) is 6.07 Å². The molecule has 1 atom stereocenters. The molecule has 2 aromatic carbocycles. The van der Waals surface area contributed by atoms with Gasteiger partial charge in [-0.3, -0.25) is 34.3 Å². The van der Waals surface area contributed by atoms with Crippen molar-refractivity contribution in [2.45, 2.75) is 48.9 Å². The molecule has 4 aliphatic heterocycles. The van der Waals surface area contributed by atoms with Crippen LogP contribution in [0.2, 0.25) is 0 Å². The molecule has 6 heterocycles. The van der Waals surface area contributed by atoms with Crippen LogP contribution in [0.15, 0.2) is 47.5 Å². The summed E-state index contributed by atoms with van der Waals surface area (Å²) in [4.78, 5) is 64.8. The summed E-state index contributed by atoms with van der Waals surface area (Å²) >= 11 is 0. The van der Waals surface area contributed by atoms with Crippen LogP contribution < -0.4 is 29.1 Å². The number of methoxy groups -OCH3 is 2. The number of aromatic nitrogens is 4. The molecule has 2 aromatic heterocycles. The fourth-order valence-electron chi connectivity index (χ4n) is 8.68. The maximum atomic E-state index is 14.3. The van der Waals surface area contributed by atoms with Crippen molar-refractivity contribution in [3.05, 3.63) is 59.3 Å². The number of sulfonamides is 1. The molecule has 4 aromatic rings. The van der Waals surface area contributed by atoms with Crippen molar-refractivity contribution in [1.82, 2.24) is 39.6 Å². The van der Waals surface area contributed by atoms with Crippen molar-refractivity contribution in [1.29, 1.82) is 0 Å². The van der Waals surface area contributed by atoms with Crippen molar-refractivity contribution in [3.63, 3.8) is 0 Å². The highest BCUT2D eigenvalue weighted by Crippen LogP contribution is 2.40. The van der Waals surface area contributed by atoms with Gasteiger partial charge in [-0.05, 0) is 49.6 Å². The Bertz CT molecular complexity index is 2640. The fourth-order valence-corrected chi connectivity index (χ4v) is 9.97. The fraction of sp³-hybridized carbons (Fsp3) is 0.523. The number of hydrogen-bond acceptors (Lipinski definition) is 18. The summed E-state index contributed by atoms with van der Waals surface area (Å²) in [7, 11) is -2.33. The molecule has 8 rings (SSSR count). The standard InChI is InChI=1S/C44H53F3N10O12S/c1-64-35-27-48-43(65-2)57-38(35)50-42(51-57)52-70(62,63)37-32(44(45,46)47)4-3-5-34(37)69-29-10-12-53(13-11-29)18-20-66-22-24-68-25-23-67-21-19-54-14-16-55(17-15-54)28-6-7-30-31(26-28)41(61)56(40(30)60)33-8-9-36(58)49-39(33)59/h3-7,26-27,29,33H,8-25H2,1-2H3,(H,51,52)(H,49,58,59). The highest BCUT2D eigenvalue weighted by molar-refractivity contribution is 7.92. The van der Waals surface area contributed by atoms with E-state index in [-0.39, 0.29) is 41.4 Å². The number of piperazine rings is 1. The highest BCUT2D eigenvalue weighted by atomic mass is 32.2. The Balaban J connectivity index is 0.692. The van der Waals surface area contributed by atoms with E-state index in [0.717, 1.165) is 40.8 Å². The van der Waals surface area contributed by atoms with Gasteiger partial charge in [-0.25, -0.2) is 13.1 Å². The number of nitrogens with one attached hydrogen (secondary N) is 2. The summed E-state index contributed by atoms with van der Waals surface area (Å²) in [5.41, 5.74) is -0.0693. The van der Waals surface area contributed by atoms with Gasteiger partial charge in [0, 0.05) is 64.5 Å². The molecule has 0 bridgehead atoms. The van der Waals surface area contributed by atoms with Crippen LogP contribution in [0, 0.1) is 0 Å². The second kappa shape index (κ2) is 21.8. The predicted molar refractivity (Wildman–Crippen MR) is 240 cm³/mol. The van der Waals surface area contributed by atoms with E-state index in [1.54, 1.807) is 12.1 Å². The first kappa shape index (κ1) is 50.2. The van der Waals surface area contributed by atoms with Crippen LogP contribution in [-0.4, -0.2) is 185 Å². The van der Waals surface area contributed by atoms with E-state index in [4.69, 9.17) is 28.4 Å². The van der Waals surface area contributed by atoms with Gasteiger partial charge in [-0.2, -0.15) is 27.7 Å². The molecule has 0 radical (unpaired) electrons. The predicted octanol–water partition coefficient (Wildman–Crippen LogP) is 2.08. The molecule has 70 heavy (non-hydrogen) atoms. The summed E-state index contributed by atoms with van der Waals surface area (Å²) in [6.07, 6.45) is -3.29. The van der Waals surface area contributed by atoms with Crippen LogP contribution in [0.1, 0.15) is 52.0 Å². The number of amides is 4. The highest BCUT2D eigenvalue weighted by Gasteiger charge is 2.45. The van der Waals surface area contributed by atoms with Gasteiger partial charge in [0.1, 0.15) is 22.8 Å². The third kappa shape index (κ3) is 11.4. The molecule has 26 heteroatoms. The molecule has 0 saturated carbocycles. The molecule has 0 aliphatic carbocycles. The number of hydrogen-bond donors (Lipinski definition) is 2. The molecule has 22 nitrogen and oxygen atoms in total. The van der Waals surface area contributed by atoms with Crippen LogP contribution in [-0.2, 0) is 40.0 Å². The zero-order valence-electron chi connectivity index (χ0n) is 38.4. The topological polar surface area (TPSA) is 238 Å². The number of piperidine rings is 2. The number of carbonyl (C=O) groups excluding carboxylic acids is 4. The number of likely N-dealkylation sites (tertiary alicyclic amines) is 1. The number of benzene rings is 2. The summed E-state index contributed by atoms with van der Waals surface area (Å²) in [6, 6.07) is 7.02. The third-order valence-corrected chi connectivity index (χ3v) is 13.7. The summed E-state index contributed by atoms with van der Waals surface area (Å²) in [6.45, 7) is 7.93. The number of ether oxygens (including phenoxy) is 6. The molecule has 4 aliphatic rings. The largest absolute Gasteiger partial charge is 0.491 e. The zero-order chi connectivity index (χ0) is 49.6. The van der Waals surface area contributed by atoms with E-state index in [1.165, 1.54) is 26.5 Å². The van der Waals surface area contributed by atoms with Gasteiger partial charge in [0.25, 0.3) is 27.8 Å². The third-order valence-electron chi connectivity index (χ3n) is 12.3. The van der Waals surface area contributed by atoms with E-state index in [9.17, 15) is 40.8 Å². The number of rotatable bonds is 21. The number of alkyl halides is 3. The Hall–Kier alpha value is -6.19. The van der Waals surface area contributed by atoms with Crippen molar-refractivity contribution in [3.8, 4) is 17.5 Å². The Morgan fingerprint density at radius 2 is 1.44 bits per heavy atom. The normalized spacial score (nSPS) is 18.7. The second-order valence-corrected chi connectivity index (χ2v) is 18.3. The van der Waals surface area contributed by atoms with Gasteiger partial charge >= 0.3 is 12.2 Å². The minimum atomic E-state index is -5.03. The first-order valence-corrected chi connectivity index (χ1v) is 24.2. The van der Waals surface area contributed by atoms with E-state index in [0.29, 0.717) is 91.3 Å². The maximum absolute atomic E-state index is 14.3. The van der Waals surface area contributed by atoms with Crippen molar-refractivity contribution < 1.29 is 69.2 Å². The van der Waals surface area contributed by atoms with Gasteiger partial charge in [-0.15, -0.1) is 5.10 Å². The molecule has 3 fully saturated rings. The van der Waals surface area contributed by atoms with Crippen LogP contribution in [0.5, 0.6) is 17.5 Å². The van der Waals surface area contributed by atoms with E-state index >= 15 is 0 Å².